The molecule has 104 valence electrons. The monoisotopic (exact) mass is 286 g/mol. The van der Waals surface area contributed by atoms with Gasteiger partial charge in [-0.2, -0.15) is 0 Å². The van der Waals surface area contributed by atoms with Crippen molar-refractivity contribution >= 4 is 28.2 Å². The summed E-state index contributed by atoms with van der Waals surface area (Å²) < 4.78 is 0.921. The van der Waals surface area contributed by atoms with Gasteiger partial charge in [-0.05, 0) is 24.5 Å². The number of aliphatic hydroxyl groups excluding tert-OH is 1. The highest BCUT2D eigenvalue weighted by molar-refractivity contribution is 8.22. The average molecular weight is 287 g/mol. The molecule has 1 saturated carbocycles. The second kappa shape index (κ2) is 8.34. The van der Waals surface area contributed by atoms with Gasteiger partial charge >= 0.3 is 0 Å². The summed E-state index contributed by atoms with van der Waals surface area (Å²) in [6.45, 7) is 5.99. The van der Waals surface area contributed by atoms with E-state index in [0.717, 1.165) is 10.6 Å². The maximum atomic E-state index is 10.6. The molecule has 0 radical (unpaired) electrons. The van der Waals surface area contributed by atoms with E-state index >= 15 is 0 Å². The van der Waals surface area contributed by atoms with Crippen LogP contribution in [0.1, 0.15) is 45.4 Å². The normalized spacial score (nSPS) is 22.2. The van der Waals surface area contributed by atoms with Crippen LogP contribution in [0.3, 0.4) is 0 Å². The number of allylic oxidation sites excluding steroid dienone is 1. The van der Waals surface area contributed by atoms with Crippen molar-refractivity contribution in [3.63, 3.8) is 0 Å². The van der Waals surface area contributed by atoms with Crippen LogP contribution in [0.4, 0.5) is 0 Å². The molecule has 0 aliphatic heterocycles. The van der Waals surface area contributed by atoms with Crippen molar-refractivity contribution in [1.29, 1.82) is 0 Å². The molecule has 3 atom stereocenters. The van der Waals surface area contributed by atoms with Crippen LogP contribution >= 0.6 is 24.0 Å². The highest BCUT2D eigenvalue weighted by Crippen LogP contribution is 2.35. The molecule has 0 heterocycles. The fraction of sp³-hybridized carbons (Fsp3) is 0.800. The molecule has 0 saturated heterocycles. The molecule has 1 fully saturated rings. The molecule has 1 aliphatic rings. The molecule has 1 nitrogen and oxygen atoms in total. The van der Waals surface area contributed by atoms with E-state index in [0.29, 0.717) is 11.8 Å². The van der Waals surface area contributed by atoms with Gasteiger partial charge in [-0.25, -0.2) is 0 Å². The van der Waals surface area contributed by atoms with Crippen LogP contribution < -0.4 is 0 Å². The molecule has 1 rings (SSSR count). The number of thioether (sulfide) groups is 1. The van der Waals surface area contributed by atoms with E-state index in [4.69, 9.17) is 12.2 Å². The molecule has 0 aromatic carbocycles. The lowest BCUT2D eigenvalue weighted by molar-refractivity contribution is 0.0452. The molecule has 1 N–H and O–H groups in total. The lowest BCUT2D eigenvalue weighted by Crippen LogP contribution is -2.35. The number of hydrogen-bond acceptors (Lipinski definition) is 3. The lowest BCUT2D eigenvalue weighted by Gasteiger charge is -2.34. The Morgan fingerprint density at radius 3 is 2.56 bits per heavy atom. The van der Waals surface area contributed by atoms with Crippen molar-refractivity contribution in [2.24, 2.45) is 17.8 Å². The lowest BCUT2D eigenvalue weighted by atomic mass is 9.75. The van der Waals surface area contributed by atoms with Gasteiger partial charge in [-0.3, -0.25) is 0 Å². The first-order chi connectivity index (χ1) is 8.61. The highest BCUT2D eigenvalue weighted by Gasteiger charge is 2.32. The van der Waals surface area contributed by atoms with E-state index in [2.05, 4.69) is 13.5 Å². The molecule has 0 spiro atoms. The number of thiocarbonyl (C=S) groups is 1. The van der Waals surface area contributed by atoms with Crippen molar-refractivity contribution < 1.29 is 5.11 Å². The minimum Gasteiger partial charge on any atom is -0.392 e. The molecule has 0 aromatic rings. The number of hydrogen-bond donors (Lipinski definition) is 1. The van der Waals surface area contributed by atoms with Gasteiger partial charge in [0.2, 0.25) is 0 Å². The van der Waals surface area contributed by atoms with Crippen LogP contribution in [-0.2, 0) is 0 Å². The first-order valence-corrected chi connectivity index (χ1v) is 8.61. The summed E-state index contributed by atoms with van der Waals surface area (Å²) in [7, 11) is 0. The second-order valence-corrected chi connectivity index (χ2v) is 6.95. The third kappa shape index (κ3) is 4.36. The fourth-order valence-electron chi connectivity index (χ4n) is 3.01. The van der Waals surface area contributed by atoms with Crippen molar-refractivity contribution in [3.05, 3.63) is 12.7 Å². The Morgan fingerprint density at radius 1 is 1.44 bits per heavy atom. The van der Waals surface area contributed by atoms with Crippen LogP contribution in [0.15, 0.2) is 12.7 Å². The Kier molecular flexibility index (Phi) is 7.50. The Balaban J connectivity index is 2.64. The summed E-state index contributed by atoms with van der Waals surface area (Å²) in [5.41, 5.74) is 0. The Labute approximate surface area is 121 Å². The standard InChI is InChI=1S/C15H26OS2/c1-4-8-13(15(17)18-3)14(16)11(2)12-9-6-5-7-10-12/h4,11-14,16H,1,5-10H2,2-3H3/t11-,13-,14+/m1/s1. The van der Waals surface area contributed by atoms with Crippen LogP contribution in [0.2, 0.25) is 0 Å². The molecule has 18 heavy (non-hydrogen) atoms. The SMILES string of the molecule is C=CC[C@@H](C(=S)SC)[C@@H](O)[C@H](C)C1CCCCC1. The van der Waals surface area contributed by atoms with Crippen LogP contribution in [0.5, 0.6) is 0 Å². The second-order valence-electron chi connectivity index (χ2n) is 5.40. The zero-order valence-electron chi connectivity index (χ0n) is 11.6. The third-order valence-corrected chi connectivity index (χ3v) is 5.78. The maximum Gasteiger partial charge on any atom is 0.0653 e. The van der Waals surface area contributed by atoms with Gasteiger partial charge in [0.15, 0.2) is 0 Å². The molecular formula is C15H26OS2. The van der Waals surface area contributed by atoms with Gasteiger partial charge in [-0.15, -0.1) is 18.3 Å². The summed E-state index contributed by atoms with van der Waals surface area (Å²) in [6, 6.07) is 0. The smallest absolute Gasteiger partial charge is 0.0653 e. The minimum atomic E-state index is -0.314. The van der Waals surface area contributed by atoms with Gasteiger partial charge in [0.25, 0.3) is 0 Å². The van der Waals surface area contributed by atoms with Crippen molar-refractivity contribution in [2.75, 3.05) is 6.26 Å². The minimum absolute atomic E-state index is 0.0874. The predicted octanol–water partition coefficient (Wildman–Crippen LogP) is 4.45. The maximum absolute atomic E-state index is 10.6. The summed E-state index contributed by atoms with van der Waals surface area (Å²) in [4.78, 5) is 0. The van der Waals surface area contributed by atoms with E-state index in [1.165, 1.54) is 32.1 Å². The molecule has 0 amide bonds. The Morgan fingerprint density at radius 2 is 2.06 bits per heavy atom. The highest BCUT2D eigenvalue weighted by atomic mass is 32.2. The van der Waals surface area contributed by atoms with E-state index in [1.807, 2.05) is 12.3 Å². The van der Waals surface area contributed by atoms with Crippen molar-refractivity contribution in [3.8, 4) is 0 Å². The number of rotatable bonds is 6. The van der Waals surface area contributed by atoms with E-state index in [9.17, 15) is 5.11 Å². The largest absolute Gasteiger partial charge is 0.392 e. The molecule has 0 aromatic heterocycles. The topological polar surface area (TPSA) is 20.2 Å². The van der Waals surface area contributed by atoms with Gasteiger partial charge in [0, 0.05) is 5.92 Å². The van der Waals surface area contributed by atoms with Gasteiger partial charge < -0.3 is 5.11 Å². The van der Waals surface area contributed by atoms with Crippen molar-refractivity contribution in [1.82, 2.24) is 0 Å². The molecular weight excluding hydrogens is 260 g/mol. The van der Waals surface area contributed by atoms with Crippen LogP contribution in [0, 0.1) is 17.8 Å². The van der Waals surface area contributed by atoms with Crippen LogP contribution in [0.25, 0.3) is 0 Å². The summed E-state index contributed by atoms with van der Waals surface area (Å²) >= 11 is 6.98. The molecule has 1 aliphatic carbocycles. The summed E-state index contributed by atoms with van der Waals surface area (Å²) in [6.07, 6.45) is 10.9. The Hall–Kier alpha value is 0.140. The first kappa shape index (κ1) is 16.2. The molecule has 0 bridgehead atoms. The Bertz CT molecular complexity index is 272. The number of aliphatic hydroxyl groups is 1. The molecule has 0 unspecified atom stereocenters. The van der Waals surface area contributed by atoms with Gasteiger partial charge in [0.1, 0.15) is 0 Å². The fourth-order valence-corrected chi connectivity index (χ4v) is 3.79. The van der Waals surface area contributed by atoms with Gasteiger partial charge in [0.05, 0.1) is 10.3 Å². The zero-order chi connectivity index (χ0) is 13.5. The summed E-state index contributed by atoms with van der Waals surface area (Å²) in [5.74, 6) is 1.11. The van der Waals surface area contributed by atoms with E-state index in [1.54, 1.807) is 11.8 Å². The first-order valence-electron chi connectivity index (χ1n) is 6.98. The van der Waals surface area contributed by atoms with Crippen LogP contribution in [-0.4, -0.2) is 21.7 Å². The third-order valence-electron chi connectivity index (χ3n) is 4.27. The quantitative estimate of drug-likeness (QED) is 0.575. The van der Waals surface area contributed by atoms with Crippen molar-refractivity contribution in [2.45, 2.75) is 51.6 Å². The summed E-state index contributed by atoms with van der Waals surface area (Å²) in [5, 5.41) is 10.6. The average Bonchev–Trinajstić information content (AvgIpc) is 2.43. The van der Waals surface area contributed by atoms with E-state index in [-0.39, 0.29) is 12.0 Å². The zero-order valence-corrected chi connectivity index (χ0v) is 13.2. The molecule has 3 heteroatoms. The van der Waals surface area contributed by atoms with E-state index < -0.39 is 0 Å². The van der Waals surface area contributed by atoms with Gasteiger partial charge in [-0.1, -0.05) is 57.3 Å². The predicted molar refractivity (Wildman–Crippen MR) is 86.2 cm³/mol.